The van der Waals surface area contributed by atoms with E-state index in [1.54, 1.807) is 0 Å². The Bertz CT molecular complexity index is 533. The molecule has 2 nitrogen and oxygen atoms in total. The van der Waals surface area contributed by atoms with E-state index in [0.717, 1.165) is 19.6 Å². The Morgan fingerprint density at radius 1 is 1.05 bits per heavy atom. The number of nitrogens with zero attached hydrogens (tertiary/aromatic N) is 1. The number of nitrogens with one attached hydrogen (secondary N) is 1. The number of hydrogen-bond donors (Lipinski definition) is 1. The van der Waals surface area contributed by atoms with Crippen molar-refractivity contribution < 1.29 is 0 Å². The fraction of sp³-hybridized carbons (Fsp3) is 0.333. The summed E-state index contributed by atoms with van der Waals surface area (Å²) in [6.45, 7) is 5.35. The molecule has 1 unspecified atom stereocenters. The fourth-order valence-corrected chi connectivity index (χ4v) is 2.77. The summed E-state index contributed by atoms with van der Waals surface area (Å²) < 4.78 is 0. The van der Waals surface area contributed by atoms with Gasteiger partial charge < -0.3 is 10.2 Å². The lowest BCUT2D eigenvalue weighted by Gasteiger charge is -2.19. The number of para-hydroxylation sites is 1. The van der Waals surface area contributed by atoms with Crippen molar-refractivity contribution in [3.05, 3.63) is 65.7 Å². The maximum absolute atomic E-state index is 3.68. The highest BCUT2D eigenvalue weighted by atomic mass is 15.2. The molecule has 1 heterocycles. The average molecular weight is 266 g/mol. The summed E-state index contributed by atoms with van der Waals surface area (Å²) in [6, 6.07) is 20.1. The molecule has 0 amide bonds. The SMILES string of the molecule is Cc1ccc(CNC2CCN(c3ccccc3)C2)cc1. The Morgan fingerprint density at radius 3 is 2.55 bits per heavy atom. The predicted octanol–water partition coefficient (Wildman–Crippen LogP) is 3.36. The molecule has 3 rings (SSSR count). The van der Waals surface area contributed by atoms with E-state index in [-0.39, 0.29) is 0 Å². The smallest absolute Gasteiger partial charge is 0.0366 e. The number of hydrogen-bond acceptors (Lipinski definition) is 2. The van der Waals surface area contributed by atoms with Crippen molar-refractivity contribution in [2.24, 2.45) is 0 Å². The maximum Gasteiger partial charge on any atom is 0.0366 e. The van der Waals surface area contributed by atoms with Gasteiger partial charge in [-0.2, -0.15) is 0 Å². The van der Waals surface area contributed by atoms with E-state index in [4.69, 9.17) is 0 Å². The number of rotatable bonds is 4. The molecular weight excluding hydrogens is 244 g/mol. The molecule has 2 aromatic carbocycles. The quantitative estimate of drug-likeness (QED) is 0.913. The van der Waals surface area contributed by atoms with E-state index in [9.17, 15) is 0 Å². The van der Waals surface area contributed by atoms with Crippen LogP contribution in [0.3, 0.4) is 0 Å². The highest BCUT2D eigenvalue weighted by molar-refractivity contribution is 5.47. The second kappa shape index (κ2) is 6.10. The van der Waals surface area contributed by atoms with Crippen molar-refractivity contribution in [3.63, 3.8) is 0 Å². The third kappa shape index (κ3) is 3.20. The van der Waals surface area contributed by atoms with Gasteiger partial charge in [-0.25, -0.2) is 0 Å². The summed E-state index contributed by atoms with van der Waals surface area (Å²) in [4.78, 5) is 2.47. The third-order valence-corrected chi connectivity index (χ3v) is 4.03. The van der Waals surface area contributed by atoms with Gasteiger partial charge in [0.05, 0.1) is 0 Å². The van der Waals surface area contributed by atoms with Gasteiger partial charge in [0.15, 0.2) is 0 Å². The molecule has 1 atom stereocenters. The van der Waals surface area contributed by atoms with E-state index in [1.807, 2.05) is 0 Å². The zero-order valence-electron chi connectivity index (χ0n) is 12.0. The molecule has 20 heavy (non-hydrogen) atoms. The number of benzene rings is 2. The van der Waals surface area contributed by atoms with Crippen molar-refractivity contribution in [1.29, 1.82) is 0 Å². The van der Waals surface area contributed by atoms with Crippen LogP contribution in [0.15, 0.2) is 54.6 Å². The van der Waals surface area contributed by atoms with Crippen molar-refractivity contribution in [1.82, 2.24) is 5.32 Å². The Balaban J connectivity index is 1.52. The lowest BCUT2D eigenvalue weighted by molar-refractivity contribution is 0.551. The molecule has 0 aliphatic carbocycles. The minimum Gasteiger partial charge on any atom is -0.370 e. The fourth-order valence-electron chi connectivity index (χ4n) is 2.77. The minimum absolute atomic E-state index is 0.594. The molecule has 1 aliphatic rings. The van der Waals surface area contributed by atoms with Gasteiger partial charge in [0.2, 0.25) is 0 Å². The zero-order chi connectivity index (χ0) is 13.8. The Hall–Kier alpha value is -1.80. The van der Waals surface area contributed by atoms with Gasteiger partial charge >= 0.3 is 0 Å². The molecule has 0 saturated carbocycles. The second-order valence-corrected chi connectivity index (χ2v) is 5.63. The molecule has 0 radical (unpaired) electrons. The largest absolute Gasteiger partial charge is 0.370 e. The van der Waals surface area contributed by atoms with Crippen LogP contribution >= 0.6 is 0 Å². The van der Waals surface area contributed by atoms with E-state index < -0.39 is 0 Å². The molecule has 1 N–H and O–H groups in total. The predicted molar refractivity (Wildman–Crippen MR) is 85.1 cm³/mol. The van der Waals surface area contributed by atoms with Crippen molar-refractivity contribution in [2.75, 3.05) is 18.0 Å². The minimum atomic E-state index is 0.594. The molecule has 1 fully saturated rings. The van der Waals surface area contributed by atoms with Crippen LogP contribution in [0, 0.1) is 6.92 Å². The first-order valence-corrected chi connectivity index (χ1v) is 7.40. The molecule has 0 bridgehead atoms. The summed E-state index contributed by atoms with van der Waals surface area (Å²) in [5.74, 6) is 0. The van der Waals surface area contributed by atoms with E-state index in [1.165, 1.54) is 23.2 Å². The molecule has 0 aromatic heterocycles. The lowest BCUT2D eigenvalue weighted by atomic mass is 10.1. The van der Waals surface area contributed by atoms with Crippen LogP contribution in [-0.2, 0) is 6.54 Å². The van der Waals surface area contributed by atoms with Crippen LogP contribution in [0.5, 0.6) is 0 Å². The van der Waals surface area contributed by atoms with Crippen molar-refractivity contribution >= 4 is 5.69 Å². The van der Waals surface area contributed by atoms with Crippen LogP contribution < -0.4 is 10.2 Å². The van der Waals surface area contributed by atoms with E-state index in [2.05, 4.69) is 71.7 Å². The summed E-state index contributed by atoms with van der Waals surface area (Å²) >= 11 is 0. The van der Waals surface area contributed by atoms with Gasteiger partial charge in [-0.05, 0) is 31.0 Å². The van der Waals surface area contributed by atoms with Crippen LogP contribution in [0.25, 0.3) is 0 Å². The molecule has 1 saturated heterocycles. The normalized spacial score (nSPS) is 18.4. The standard InChI is InChI=1S/C18H22N2/c1-15-7-9-16(10-8-15)13-19-17-11-12-20(14-17)18-5-3-2-4-6-18/h2-10,17,19H,11-14H2,1H3. The summed E-state index contributed by atoms with van der Waals surface area (Å²) in [5.41, 5.74) is 4.03. The highest BCUT2D eigenvalue weighted by Crippen LogP contribution is 2.19. The first kappa shape index (κ1) is 13.2. The van der Waals surface area contributed by atoms with Gasteiger partial charge in [-0.1, -0.05) is 48.0 Å². The lowest BCUT2D eigenvalue weighted by Crippen LogP contribution is -2.32. The van der Waals surface area contributed by atoms with Crippen LogP contribution in [-0.4, -0.2) is 19.1 Å². The van der Waals surface area contributed by atoms with Crippen LogP contribution in [0.2, 0.25) is 0 Å². The molecular formula is C18H22N2. The van der Waals surface area contributed by atoms with Gasteiger partial charge in [0.1, 0.15) is 0 Å². The Labute approximate surface area is 121 Å². The zero-order valence-corrected chi connectivity index (χ0v) is 12.0. The van der Waals surface area contributed by atoms with Gasteiger partial charge in [-0.3, -0.25) is 0 Å². The Morgan fingerprint density at radius 2 is 1.80 bits per heavy atom. The van der Waals surface area contributed by atoms with Crippen molar-refractivity contribution in [2.45, 2.75) is 25.9 Å². The second-order valence-electron chi connectivity index (χ2n) is 5.63. The third-order valence-electron chi connectivity index (χ3n) is 4.03. The summed E-state index contributed by atoms with van der Waals surface area (Å²) in [6.07, 6.45) is 1.22. The van der Waals surface area contributed by atoms with Gasteiger partial charge in [0, 0.05) is 31.4 Å². The first-order valence-electron chi connectivity index (χ1n) is 7.40. The topological polar surface area (TPSA) is 15.3 Å². The summed E-state index contributed by atoms with van der Waals surface area (Å²) in [7, 11) is 0. The number of aryl methyl sites for hydroxylation is 1. The average Bonchev–Trinajstić information content (AvgIpc) is 2.97. The van der Waals surface area contributed by atoms with E-state index in [0.29, 0.717) is 6.04 Å². The maximum atomic E-state index is 3.68. The molecule has 2 aromatic rings. The molecule has 1 aliphatic heterocycles. The van der Waals surface area contributed by atoms with Gasteiger partial charge in [0.25, 0.3) is 0 Å². The van der Waals surface area contributed by atoms with Crippen molar-refractivity contribution in [3.8, 4) is 0 Å². The molecule has 0 spiro atoms. The monoisotopic (exact) mass is 266 g/mol. The van der Waals surface area contributed by atoms with Gasteiger partial charge in [-0.15, -0.1) is 0 Å². The molecule has 104 valence electrons. The van der Waals surface area contributed by atoms with E-state index >= 15 is 0 Å². The van der Waals surface area contributed by atoms with Crippen LogP contribution in [0.4, 0.5) is 5.69 Å². The van der Waals surface area contributed by atoms with Crippen LogP contribution in [0.1, 0.15) is 17.5 Å². The Kier molecular flexibility index (Phi) is 4.03. The highest BCUT2D eigenvalue weighted by Gasteiger charge is 2.21. The first-order chi connectivity index (χ1) is 9.81. The number of anilines is 1. The summed E-state index contributed by atoms with van der Waals surface area (Å²) in [5, 5.41) is 3.68. The molecule has 2 heteroatoms.